The molecule has 0 saturated heterocycles. The van der Waals surface area contributed by atoms with Gasteiger partial charge in [0, 0.05) is 24.4 Å². The molecule has 2 nitrogen and oxygen atoms in total. The highest BCUT2D eigenvalue weighted by atomic mass is 32.1. The molecule has 0 saturated carbocycles. The summed E-state index contributed by atoms with van der Waals surface area (Å²) in [6.45, 7) is 4.34. The largest absolute Gasteiger partial charge is 0.397 e. The van der Waals surface area contributed by atoms with E-state index >= 15 is 0 Å². The highest BCUT2D eigenvalue weighted by Crippen LogP contribution is 2.26. The SMILES string of the molecule is Cc1ccc(N)c(N(C)C(C)Cc2cccs2)c1. The molecule has 2 aromatic rings. The summed E-state index contributed by atoms with van der Waals surface area (Å²) >= 11 is 1.81. The van der Waals surface area contributed by atoms with Crippen molar-refractivity contribution in [2.75, 3.05) is 17.7 Å². The van der Waals surface area contributed by atoms with Gasteiger partial charge in [0.05, 0.1) is 11.4 Å². The van der Waals surface area contributed by atoms with E-state index in [1.54, 1.807) is 0 Å². The number of aryl methyl sites for hydroxylation is 1. The number of rotatable bonds is 4. The summed E-state index contributed by atoms with van der Waals surface area (Å²) in [7, 11) is 2.11. The van der Waals surface area contributed by atoms with E-state index in [9.17, 15) is 0 Å². The van der Waals surface area contributed by atoms with Crippen molar-refractivity contribution in [1.82, 2.24) is 0 Å². The first-order valence-electron chi connectivity index (χ1n) is 6.19. The minimum atomic E-state index is 0.438. The standard InChI is InChI=1S/C15H20N2S/c1-11-6-7-14(16)15(9-11)17(3)12(2)10-13-5-4-8-18-13/h4-9,12H,10,16H2,1-3H3. The Balaban J connectivity index is 2.14. The number of nitrogen functional groups attached to an aromatic ring is 1. The van der Waals surface area contributed by atoms with Crippen molar-refractivity contribution in [3.05, 3.63) is 46.2 Å². The molecule has 0 aliphatic carbocycles. The van der Waals surface area contributed by atoms with Gasteiger partial charge in [-0.05, 0) is 43.0 Å². The van der Waals surface area contributed by atoms with Crippen LogP contribution in [0.15, 0.2) is 35.7 Å². The molecule has 2 rings (SSSR count). The lowest BCUT2D eigenvalue weighted by Crippen LogP contribution is -2.31. The predicted molar refractivity (Wildman–Crippen MR) is 81.5 cm³/mol. The van der Waals surface area contributed by atoms with E-state index in [0.29, 0.717) is 6.04 Å². The fourth-order valence-electron chi connectivity index (χ4n) is 2.05. The summed E-state index contributed by atoms with van der Waals surface area (Å²) in [5.74, 6) is 0. The Morgan fingerprint density at radius 2 is 2.11 bits per heavy atom. The quantitative estimate of drug-likeness (QED) is 0.849. The molecule has 0 aliphatic rings. The topological polar surface area (TPSA) is 29.3 Å². The normalized spacial score (nSPS) is 12.4. The van der Waals surface area contributed by atoms with Crippen molar-refractivity contribution < 1.29 is 0 Å². The predicted octanol–water partition coefficient (Wildman–Crippen LogP) is 3.71. The number of thiophene rings is 1. The molecule has 0 spiro atoms. The van der Waals surface area contributed by atoms with E-state index < -0.39 is 0 Å². The van der Waals surface area contributed by atoms with Crippen LogP contribution in [0.1, 0.15) is 17.4 Å². The zero-order valence-corrected chi connectivity index (χ0v) is 12.0. The van der Waals surface area contributed by atoms with Gasteiger partial charge in [0.2, 0.25) is 0 Å². The average molecular weight is 260 g/mol. The van der Waals surface area contributed by atoms with Crippen LogP contribution in [0.4, 0.5) is 11.4 Å². The minimum Gasteiger partial charge on any atom is -0.397 e. The van der Waals surface area contributed by atoms with Crippen molar-refractivity contribution in [3.63, 3.8) is 0 Å². The molecule has 1 unspecified atom stereocenters. The lowest BCUT2D eigenvalue weighted by molar-refractivity contribution is 0.689. The van der Waals surface area contributed by atoms with Gasteiger partial charge >= 0.3 is 0 Å². The summed E-state index contributed by atoms with van der Waals surface area (Å²) < 4.78 is 0. The second-order valence-corrected chi connectivity index (χ2v) is 5.84. The van der Waals surface area contributed by atoms with Gasteiger partial charge in [-0.25, -0.2) is 0 Å². The van der Waals surface area contributed by atoms with E-state index in [1.165, 1.54) is 10.4 Å². The van der Waals surface area contributed by atoms with Crippen LogP contribution in [-0.4, -0.2) is 13.1 Å². The van der Waals surface area contributed by atoms with E-state index in [0.717, 1.165) is 17.8 Å². The number of anilines is 2. The van der Waals surface area contributed by atoms with Crippen molar-refractivity contribution in [2.45, 2.75) is 26.3 Å². The van der Waals surface area contributed by atoms with Crippen molar-refractivity contribution >= 4 is 22.7 Å². The van der Waals surface area contributed by atoms with Gasteiger partial charge in [0.1, 0.15) is 0 Å². The summed E-state index contributed by atoms with van der Waals surface area (Å²) in [5, 5.41) is 2.13. The molecule has 18 heavy (non-hydrogen) atoms. The third kappa shape index (κ3) is 2.85. The summed E-state index contributed by atoms with van der Waals surface area (Å²) in [4.78, 5) is 3.68. The number of nitrogens with two attached hydrogens (primary N) is 1. The Morgan fingerprint density at radius 1 is 1.33 bits per heavy atom. The lowest BCUT2D eigenvalue weighted by atomic mass is 10.1. The number of likely N-dealkylation sites (N-methyl/N-ethyl adjacent to an activating group) is 1. The number of hydrogen-bond donors (Lipinski definition) is 1. The summed E-state index contributed by atoms with van der Waals surface area (Å²) in [6.07, 6.45) is 1.06. The van der Waals surface area contributed by atoms with Crippen LogP contribution in [0.25, 0.3) is 0 Å². The average Bonchev–Trinajstić information content (AvgIpc) is 2.84. The van der Waals surface area contributed by atoms with Gasteiger partial charge in [0.25, 0.3) is 0 Å². The zero-order chi connectivity index (χ0) is 13.1. The maximum Gasteiger partial charge on any atom is 0.0602 e. The van der Waals surface area contributed by atoms with Crippen LogP contribution in [0, 0.1) is 6.92 Å². The second-order valence-electron chi connectivity index (χ2n) is 4.81. The molecule has 3 heteroatoms. The molecule has 1 aromatic carbocycles. The van der Waals surface area contributed by atoms with Crippen LogP contribution in [0.2, 0.25) is 0 Å². The van der Waals surface area contributed by atoms with E-state index in [2.05, 4.69) is 55.4 Å². The molecular weight excluding hydrogens is 240 g/mol. The minimum absolute atomic E-state index is 0.438. The zero-order valence-electron chi connectivity index (χ0n) is 11.2. The van der Waals surface area contributed by atoms with Gasteiger partial charge < -0.3 is 10.6 Å². The van der Waals surface area contributed by atoms with Crippen LogP contribution < -0.4 is 10.6 Å². The number of hydrogen-bond acceptors (Lipinski definition) is 3. The van der Waals surface area contributed by atoms with Gasteiger partial charge in [0.15, 0.2) is 0 Å². The summed E-state index contributed by atoms with van der Waals surface area (Å²) in [5.41, 5.74) is 9.28. The molecule has 0 fully saturated rings. The Hall–Kier alpha value is -1.48. The molecule has 1 aromatic heterocycles. The first kappa shape index (κ1) is 13.0. The molecule has 1 atom stereocenters. The first-order chi connectivity index (χ1) is 8.58. The first-order valence-corrected chi connectivity index (χ1v) is 7.07. The molecule has 0 radical (unpaired) electrons. The highest BCUT2D eigenvalue weighted by Gasteiger charge is 2.13. The van der Waals surface area contributed by atoms with Gasteiger partial charge in [-0.3, -0.25) is 0 Å². The molecule has 1 heterocycles. The molecule has 0 bridgehead atoms. The fourth-order valence-corrected chi connectivity index (χ4v) is 2.88. The van der Waals surface area contributed by atoms with E-state index in [-0.39, 0.29) is 0 Å². The molecule has 0 amide bonds. The highest BCUT2D eigenvalue weighted by molar-refractivity contribution is 7.09. The van der Waals surface area contributed by atoms with Crippen LogP contribution >= 0.6 is 11.3 Å². The summed E-state index contributed by atoms with van der Waals surface area (Å²) in [6, 6.07) is 10.9. The Bertz CT molecular complexity index is 505. The second kappa shape index (κ2) is 5.44. The van der Waals surface area contributed by atoms with Crippen molar-refractivity contribution in [1.29, 1.82) is 0 Å². The Labute approximate surface area is 113 Å². The van der Waals surface area contributed by atoms with Crippen LogP contribution in [0.5, 0.6) is 0 Å². The molecule has 2 N–H and O–H groups in total. The van der Waals surface area contributed by atoms with Gasteiger partial charge in [-0.1, -0.05) is 12.1 Å². The Morgan fingerprint density at radius 3 is 2.78 bits per heavy atom. The fraction of sp³-hybridized carbons (Fsp3) is 0.333. The third-order valence-corrected chi connectivity index (χ3v) is 4.20. The van der Waals surface area contributed by atoms with E-state index in [4.69, 9.17) is 5.73 Å². The molecular formula is C15H20N2S. The maximum absolute atomic E-state index is 6.06. The van der Waals surface area contributed by atoms with Gasteiger partial charge in [-0.15, -0.1) is 11.3 Å². The monoisotopic (exact) mass is 260 g/mol. The van der Waals surface area contributed by atoms with Gasteiger partial charge in [-0.2, -0.15) is 0 Å². The molecule has 0 aliphatic heterocycles. The number of nitrogens with zero attached hydrogens (tertiary/aromatic N) is 1. The van der Waals surface area contributed by atoms with Crippen LogP contribution in [-0.2, 0) is 6.42 Å². The molecule has 96 valence electrons. The van der Waals surface area contributed by atoms with Crippen molar-refractivity contribution in [3.8, 4) is 0 Å². The smallest absolute Gasteiger partial charge is 0.0602 e. The lowest BCUT2D eigenvalue weighted by Gasteiger charge is -2.28. The van der Waals surface area contributed by atoms with E-state index in [1.807, 2.05) is 17.4 Å². The number of benzene rings is 1. The van der Waals surface area contributed by atoms with Crippen molar-refractivity contribution in [2.24, 2.45) is 0 Å². The third-order valence-electron chi connectivity index (χ3n) is 3.30. The van der Waals surface area contributed by atoms with Crippen LogP contribution in [0.3, 0.4) is 0 Å². The maximum atomic E-state index is 6.06. The Kier molecular flexibility index (Phi) is 3.92.